The van der Waals surface area contributed by atoms with E-state index in [0.29, 0.717) is 13.1 Å². The monoisotopic (exact) mass is 271 g/mol. The molecule has 6 heteroatoms. The molecule has 1 aromatic carbocycles. The molecule has 5 nitrogen and oxygen atoms in total. The standard InChI is InChI=1S/C12H21N3O2S/c1-4-15(3)8-7-14-18(16,17)12-6-5-10(2)9-11(12)13/h5-6,9,14H,4,7-8,13H2,1-3H3. The fourth-order valence-corrected chi connectivity index (χ4v) is 2.65. The summed E-state index contributed by atoms with van der Waals surface area (Å²) < 4.78 is 26.6. The van der Waals surface area contributed by atoms with Crippen molar-refractivity contribution in [2.75, 3.05) is 32.4 Å². The molecular weight excluding hydrogens is 250 g/mol. The maximum absolute atomic E-state index is 12.0. The highest BCUT2D eigenvalue weighted by Gasteiger charge is 2.16. The van der Waals surface area contributed by atoms with Crippen LogP contribution in [0.4, 0.5) is 5.69 Å². The Morgan fingerprint density at radius 2 is 2.06 bits per heavy atom. The molecule has 0 aliphatic rings. The molecule has 0 aliphatic carbocycles. The van der Waals surface area contributed by atoms with Gasteiger partial charge < -0.3 is 10.6 Å². The molecule has 18 heavy (non-hydrogen) atoms. The van der Waals surface area contributed by atoms with Crippen LogP contribution < -0.4 is 10.5 Å². The van der Waals surface area contributed by atoms with E-state index in [-0.39, 0.29) is 10.6 Å². The topological polar surface area (TPSA) is 75.4 Å². The number of nitrogens with two attached hydrogens (primary N) is 1. The number of sulfonamides is 1. The van der Waals surface area contributed by atoms with Crippen LogP contribution in [0.15, 0.2) is 23.1 Å². The van der Waals surface area contributed by atoms with Crippen molar-refractivity contribution in [3.05, 3.63) is 23.8 Å². The van der Waals surface area contributed by atoms with Crippen LogP contribution in [0.3, 0.4) is 0 Å². The molecule has 0 saturated carbocycles. The molecule has 0 bridgehead atoms. The number of likely N-dealkylation sites (N-methyl/N-ethyl adjacent to an activating group) is 1. The first-order chi connectivity index (χ1) is 8.36. The van der Waals surface area contributed by atoms with Crippen molar-refractivity contribution in [3.8, 4) is 0 Å². The predicted molar refractivity (Wildman–Crippen MR) is 74.0 cm³/mol. The first-order valence-corrected chi connectivity index (χ1v) is 7.39. The molecule has 3 N–H and O–H groups in total. The number of aryl methyl sites for hydroxylation is 1. The van der Waals surface area contributed by atoms with Crippen molar-refractivity contribution >= 4 is 15.7 Å². The van der Waals surface area contributed by atoms with E-state index in [9.17, 15) is 8.42 Å². The predicted octanol–water partition coefficient (Wildman–Crippen LogP) is 0.807. The summed E-state index contributed by atoms with van der Waals surface area (Å²) in [6.45, 7) is 5.82. The molecule has 0 heterocycles. The Labute approximate surface area is 109 Å². The molecule has 0 fully saturated rings. The number of nitrogens with one attached hydrogen (secondary N) is 1. The van der Waals surface area contributed by atoms with E-state index in [1.54, 1.807) is 12.1 Å². The third-order valence-electron chi connectivity index (χ3n) is 2.78. The van der Waals surface area contributed by atoms with Gasteiger partial charge in [-0.3, -0.25) is 0 Å². The average Bonchev–Trinajstić information content (AvgIpc) is 2.27. The van der Waals surface area contributed by atoms with Crippen LogP contribution in [0.5, 0.6) is 0 Å². The van der Waals surface area contributed by atoms with Crippen LogP contribution in [0.25, 0.3) is 0 Å². The van der Waals surface area contributed by atoms with E-state index in [0.717, 1.165) is 12.1 Å². The molecule has 0 saturated heterocycles. The maximum Gasteiger partial charge on any atom is 0.242 e. The zero-order chi connectivity index (χ0) is 13.8. The molecule has 102 valence electrons. The third-order valence-corrected chi connectivity index (χ3v) is 4.32. The lowest BCUT2D eigenvalue weighted by molar-refractivity contribution is 0.358. The highest BCUT2D eigenvalue weighted by Crippen LogP contribution is 2.18. The molecular formula is C12H21N3O2S. The van der Waals surface area contributed by atoms with Crippen molar-refractivity contribution in [2.24, 2.45) is 0 Å². The maximum atomic E-state index is 12.0. The summed E-state index contributed by atoms with van der Waals surface area (Å²) in [7, 11) is -1.57. The van der Waals surface area contributed by atoms with Crippen molar-refractivity contribution < 1.29 is 8.42 Å². The van der Waals surface area contributed by atoms with Gasteiger partial charge in [-0.25, -0.2) is 13.1 Å². The Bertz CT molecular complexity index is 500. The molecule has 0 unspecified atom stereocenters. The number of rotatable bonds is 6. The van der Waals surface area contributed by atoms with Gasteiger partial charge in [0, 0.05) is 13.1 Å². The Hall–Kier alpha value is -1.11. The number of hydrogen-bond acceptors (Lipinski definition) is 4. The van der Waals surface area contributed by atoms with Crippen molar-refractivity contribution in [3.63, 3.8) is 0 Å². The molecule has 0 amide bonds. The van der Waals surface area contributed by atoms with E-state index >= 15 is 0 Å². The number of nitrogens with zero attached hydrogens (tertiary/aromatic N) is 1. The summed E-state index contributed by atoms with van der Waals surface area (Å²) in [5, 5.41) is 0. The lowest BCUT2D eigenvalue weighted by Crippen LogP contribution is -2.33. The number of hydrogen-bond donors (Lipinski definition) is 2. The second-order valence-corrected chi connectivity index (χ2v) is 6.07. The lowest BCUT2D eigenvalue weighted by atomic mass is 10.2. The SMILES string of the molecule is CCN(C)CCNS(=O)(=O)c1ccc(C)cc1N. The van der Waals surface area contributed by atoms with Gasteiger partial charge >= 0.3 is 0 Å². The Kier molecular flexibility index (Phi) is 5.13. The largest absolute Gasteiger partial charge is 0.398 e. The summed E-state index contributed by atoms with van der Waals surface area (Å²) in [5.41, 5.74) is 6.96. The van der Waals surface area contributed by atoms with Gasteiger partial charge in [-0.1, -0.05) is 13.0 Å². The summed E-state index contributed by atoms with van der Waals surface area (Å²) >= 11 is 0. The summed E-state index contributed by atoms with van der Waals surface area (Å²) in [4.78, 5) is 2.17. The van der Waals surface area contributed by atoms with Crippen molar-refractivity contribution in [1.82, 2.24) is 9.62 Å². The minimum Gasteiger partial charge on any atom is -0.398 e. The van der Waals surface area contributed by atoms with Crippen LogP contribution in [-0.4, -0.2) is 40.0 Å². The number of anilines is 1. The second kappa shape index (κ2) is 6.17. The smallest absolute Gasteiger partial charge is 0.242 e. The minimum absolute atomic E-state index is 0.146. The van der Waals surface area contributed by atoms with Gasteiger partial charge in [0.25, 0.3) is 0 Å². The van der Waals surface area contributed by atoms with E-state index in [1.165, 1.54) is 6.07 Å². The zero-order valence-corrected chi connectivity index (χ0v) is 11.9. The quantitative estimate of drug-likeness (QED) is 0.751. The summed E-state index contributed by atoms with van der Waals surface area (Å²) in [6.07, 6.45) is 0. The lowest BCUT2D eigenvalue weighted by Gasteiger charge is -2.14. The molecule has 1 aromatic rings. The van der Waals surface area contributed by atoms with E-state index < -0.39 is 10.0 Å². The van der Waals surface area contributed by atoms with Gasteiger partial charge in [-0.15, -0.1) is 0 Å². The van der Waals surface area contributed by atoms with Gasteiger partial charge in [0.1, 0.15) is 4.90 Å². The molecule has 0 atom stereocenters. The Morgan fingerprint density at radius 1 is 1.39 bits per heavy atom. The van der Waals surface area contributed by atoms with E-state index in [2.05, 4.69) is 4.72 Å². The molecule has 0 aromatic heterocycles. The van der Waals surface area contributed by atoms with Crippen molar-refractivity contribution in [2.45, 2.75) is 18.7 Å². The Morgan fingerprint density at radius 3 is 2.61 bits per heavy atom. The first-order valence-electron chi connectivity index (χ1n) is 5.91. The van der Waals surface area contributed by atoms with Crippen LogP contribution in [0.1, 0.15) is 12.5 Å². The molecule has 0 aliphatic heterocycles. The van der Waals surface area contributed by atoms with Gasteiger partial charge in [0.15, 0.2) is 0 Å². The minimum atomic E-state index is -3.51. The summed E-state index contributed by atoms with van der Waals surface area (Å²) in [5.74, 6) is 0. The van der Waals surface area contributed by atoms with Crippen LogP contribution >= 0.6 is 0 Å². The van der Waals surface area contributed by atoms with E-state index in [1.807, 2.05) is 25.8 Å². The summed E-state index contributed by atoms with van der Waals surface area (Å²) in [6, 6.07) is 4.94. The fourth-order valence-electron chi connectivity index (χ4n) is 1.52. The van der Waals surface area contributed by atoms with E-state index in [4.69, 9.17) is 5.73 Å². The number of benzene rings is 1. The molecule has 0 spiro atoms. The molecule has 1 rings (SSSR count). The van der Waals surface area contributed by atoms with Gasteiger partial charge in [-0.05, 0) is 38.2 Å². The highest BCUT2D eigenvalue weighted by molar-refractivity contribution is 7.89. The number of nitrogen functional groups attached to an aromatic ring is 1. The van der Waals surface area contributed by atoms with Crippen molar-refractivity contribution in [1.29, 1.82) is 0 Å². The molecule has 0 radical (unpaired) electrons. The fraction of sp³-hybridized carbons (Fsp3) is 0.500. The van der Waals surface area contributed by atoms with Gasteiger partial charge in [-0.2, -0.15) is 0 Å². The average molecular weight is 271 g/mol. The van der Waals surface area contributed by atoms with Crippen LogP contribution in [0.2, 0.25) is 0 Å². The zero-order valence-electron chi connectivity index (χ0n) is 11.1. The second-order valence-electron chi connectivity index (χ2n) is 4.33. The third kappa shape index (κ3) is 3.97. The van der Waals surface area contributed by atoms with Gasteiger partial charge in [0.2, 0.25) is 10.0 Å². The first kappa shape index (κ1) is 14.9. The van der Waals surface area contributed by atoms with Crippen LogP contribution in [0, 0.1) is 6.92 Å². The van der Waals surface area contributed by atoms with Crippen LogP contribution in [-0.2, 0) is 10.0 Å². The Balaban J connectivity index is 2.74. The van der Waals surface area contributed by atoms with Gasteiger partial charge in [0.05, 0.1) is 5.69 Å². The highest BCUT2D eigenvalue weighted by atomic mass is 32.2. The normalized spacial score (nSPS) is 12.0.